The molecule has 0 saturated carbocycles. The molecule has 0 radical (unpaired) electrons. The van der Waals surface area contributed by atoms with Crippen LogP contribution in [-0.4, -0.2) is 24.0 Å². The average molecular weight is 381 g/mol. The van der Waals surface area contributed by atoms with Crippen molar-refractivity contribution in [2.24, 2.45) is 0 Å². The molecular formula is C24H28FNO2. The summed E-state index contributed by atoms with van der Waals surface area (Å²) in [4.78, 5) is 14.8. The number of hydrogen-bond donors (Lipinski definition) is 0. The van der Waals surface area contributed by atoms with Gasteiger partial charge in [-0.2, -0.15) is 0 Å². The lowest BCUT2D eigenvalue weighted by Crippen LogP contribution is -2.39. The number of fused-ring (bicyclic) bond motifs is 2. The summed E-state index contributed by atoms with van der Waals surface area (Å²) >= 11 is 0. The van der Waals surface area contributed by atoms with Gasteiger partial charge in [0.25, 0.3) is 0 Å². The van der Waals surface area contributed by atoms with Crippen LogP contribution in [0, 0.1) is 5.82 Å². The molecule has 0 bridgehead atoms. The number of unbranched alkanes of at least 4 members (excludes halogenated alkanes) is 1. The molecule has 1 aliphatic carbocycles. The predicted molar refractivity (Wildman–Crippen MR) is 109 cm³/mol. The fraction of sp³-hybridized carbons (Fsp3) is 0.458. The third-order valence-corrected chi connectivity index (χ3v) is 5.94. The van der Waals surface area contributed by atoms with E-state index in [-0.39, 0.29) is 17.8 Å². The van der Waals surface area contributed by atoms with Crippen LogP contribution in [0.2, 0.25) is 0 Å². The van der Waals surface area contributed by atoms with E-state index in [1.807, 2.05) is 12.1 Å². The molecule has 0 spiro atoms. The molecule has 4 rings (SSSR count). The normalized spacial score (nSPS) is 17.8. The van der Waals surface area contributed by atoms with Crippen molar-refractivity contribution in [3.63, 3.8) is 0 Å². The number of nitrogens with zero attached hydrogens (tertiary/aromatic N) is 1. The van der Waals surface area contributed by atoms with Crippen molar-refractivity contribution in [3.05, 3.63) is 52.8 Å². The highest BCUT2D eigenvalue weighted by Crippen LogP contribution is 2.48. The Hall–Kier alpha value is -2.20. The van der Waals surface area contributed by atoms with Crippen LogP contribution in [0.1, 0.15) is 62.3 Å². The number of halogens is 1. The van der Waals surface area contributed by atoms with Crippen LogP contribution < -0.4 is 4.74 Å². The van der Waals surface area contributed by atoms with Crippen molar-refractivity contribution >= 4 is 5.97 Å². The fourth-order valence-electron chi connectivity index (χ4n) is 4.71. The van der Waals surface area contributed by atoms with Gasteiger partial charge in [-0.3, -0.25) is 9.69 Å². The van der Waals surface area contributed by atoms with Gasteiger partial charge in [0.05, 0.1) is 0 Å². The zero-order valence-corrected chi connectivity index (χ0v) is 16.8. The molecule has 148 valence electrons. The second kappa shape index (κ2) is 8.04. The highest BCUT2D eigenvalue weighted by Gasteiger charge is 2.35. The van der Waals surface area contributed by atoms with E-state index in [0.717, 1.165) is 67.4 Å². The molecule has 1 atom stereocenters. The first-order valence-corrected chi connectivity index (χ1v) is 10.5. The molecule has 0 N–H and O–H groups in total. The quantitative estimate of drug-likeness (QED) is 0.492. The second-order valence-electron chi connectivity index (χ2n) is 7.90. The van der Waals surface area contributed by atoms with E-state index in [4.69, 9.17) is 4.74 Å². The zero-order valence-electron chi connectivity index (χ0n) is 16.8. The Bertz CT molecular complexity index is 892. The number of carbonyl (C=O) groups excluding carboxylic acids is 1. The molecule has 0 amide bonds. The molecule has 0 saturated heterocycles. The SMILES string of the molecule is CCCCC(=O)Oc1cccc2c1-c1cc(F)cc3c1C(C2)N(CCC)CC3. The smallest absolute Gasteiger partial charge is 0.311 e. The van der Waals surface area contributed by atoms with Gasteiger partial charge in [0, 0.05) is 24.6 Å². The van der Waals surface area contributed by atoms with Crippen molar-refractivity contribution in [3.8, 4) is 16.9 Å². The summed E-state index contributed by atoms with van der Waals surface area (Å²) < 4.78 is 20.2. The van der Waals surface area contributed by atoms with Crippen LogP contribution in [0.5, 0.6) is 5.75 Å². The summed E-state index contributed by atoms with van der Waals surface area (Å²) in [7, 11) is 0. The van der Waals surface area contributed by atoms with Gasteiger partial charge in [-0.25, -0.2) is 4.39 Å². The van der Waals surface area contributed by atoms with Gasteiger partial charge in [0.15, 0.2) is 0 Å². The van der Waals surface area contributed by atoms with Crippen LogP contribution in [-0.2, 0) is 17.6 Å². The van der Waals surface area contributed by atoms with Gasteiger partial charge in [-0.05, 0) is 72.7 Å². The highest BCUT2D eigenvalue weighted by molar-refractivity contribution is 5.83. The van der Waals surface area contributed by atoms with Crippen molar-refractivity contribution in [1.82, 2.24) is 4.90 Å². The Balaban J connectivity index is 1.80. The Labute approximate surface area is 166 Å². The fourth-order valence-corrected chi connectivity index (χ4v) is 4.71. The first kappa shape index (κ1) is 19.1. The number of benzene rings is 2. The summed E-state index contributed by atoms with van der Waals surface area (Å²) in [6, 6.07) is 9.47. The molecule has 1 aliphatic heterocycles. The van der Waals surface area contributed by atoms with Crippen molar-refractivity contribution in [2.45, 2.75) is 58.4 Å². The lowest BCUT2D eigenvalue weighted by Gasteiger charge is -2.42. The van der Waals surface area contributed by atoms with Gasteiger partial charge in [-0.15, -0.1) is 0 Å². The van der Waals surface area contributed by atoms with Gasteiger partial charge >= 0.3 is 5.97 Å². The predicted octanol–water partition coefficient (Wildman–Crippen LogP) is 5.45. The highest BCUT2D eigenvalue weighted by atomic mass is 19.1. The van der Waals surface area contributed by atoms with Crippen LogP contribution in [0.3, 0.4) is 0 Å². The molecule has 2 aromatic rings. The number of hydrogen-bond acceptors (Lipinski definition) is 3. The van der Waals surface area contributed by atoms with E-state index >= 15 is 0 Å². The molecule has 0 fully saturated rings. The molecule has 28 heavy (non-hydrogen) atoms. The van der Waals surface area contributed by atoms with Crippen molar-refractivity contribution < 1.29 is 13.9 Å². The van der Waals surface area contributed by atoms with Crippen LogP contribution in [0.25, 0.3) is 11.1 Å². The van der Waals surface area contributed by atoms with Crippen molar-refractivity contribution in [2.75, 3.05) is 13.1 Å². The molecule has 2 aliphatic rings. The van der Waals surface area contributed by atoms with Gasteiger partial charge < -0.3 is 4.74 Å². The molecular weight excluding hydrogens is 353 g/mol. The van der Waals surface area contributed by atoms with Gasteiger partial charge in [0.1, 0.15) is 11.6 Å². The topological polar surface area (TPSA) is 29.5 Å². The lowest BCUT2D eigenvalue weighted by molar-refractivity contribution is -0.134. The largest absolute Gasteiger partial charge is 0.426 e. The maximum atomic E-state index is 14.5. The second-order valence-corrected chi connectivity index (χ2v) is 7.90. The first-order chi connectivity index (χ1) is 13.6. The molecule has 1 heterocycles. The molecule has 4 heteroatoms. The summed E-state index contributed by atoms with van der Waals surface area (Å²) in [6.07, 6.45) is 5.02. The minimum Gasteiger partial charge on any atom is -0.426 e. The minimum absolute atomic E-state index is 0.212. The van der Waals surface area contributed by atoms with E-state index in [2.05, 4.69) is 24.8 Å². The van der Waals surface area contributed by atoms with Crippen molar-refractivity contribution in [1.29, 1.82) is 0 Å². The average Bonchev–Trinajstić information content (AvgIpc) is 2.68. The molecule has 3 nitrogen and oxygen atoms in total. The van der Waals surface area contributed by atoms with Crippen LogP contribution in [0.4, 0.5) is 4.39 Å². The molecule has 2 aromatic carbocycles. The van der Waals surface area contributed by atoms with E-state index in [9.17, 15) is 9.18 Å². The number of carbonyl (C=O) groups is 1. The van der Waals surface area contributed by atoms with Gasteiger partial charge in [-0.1, -0.05) is 32.4 Å². The minimum atomic E-state index is -0.213. The third kappa shape index (κ3) is 3.46. The number of rotatable bonds is 6. The summed E-state index contributed by atoms with van der Waals surface area (Å²) in [6.45, 7) is 6.27. The van der Waals surface area contributed by atoms with E-state index in [1.54, 1.807) is 12.1 Å². The summed E-state index contributed by atoms with van der Waals surface area (Å²) in [5, 5.41) is 0. The standard InChI is InChI=1S/C24H28FNO2/c1-3-5-9-22(27)28-21-8-6-7-16-14-20-23-17(10-12-26(20)11-4-2)13-18(25)15-19(23)24(16)21/h6-8,13,15,20H,3-5,9-12,14H2,1-2H3. The number of esters is 1. The van der Waals surface area contributed by atoms with Gasteiger partial charge in [0.2, 0.25) is 0 Å². The Morgan fingerprint density at radius 1 is 1.21 bits per heavy atom. The maximum Gasteiger partial charge on any atom is 0.311 e. The first-order valence-electron chi connectivity index (χ1n) is 10.5. The monoisotopic (exact) mass is 381 g/mol. The Morgan fingerprint density at radius 2 is 2.07 bits per heavy atom. The zero-order chi connectivity index (χ0) is 19.7. The third-order valence-electron chi connectivity index (χ3n) is 5.94. The molecule has 1 unspecified atom stereocenters. The molecule has 0 aromatic heterocycles. The summed E-state index contributed by atoms with van der Waals surface area (Å²) in [5.41, 5.74) is 5.27. The summed E-state index contributed by atoms with van der Waals surface area (Å²) in [5.74, 6) is 0.143. The van der Waals surface area contributed by atoms with Crippen LogP contribution >= 0.6 is 0 Å². The maximum absolute atomic E-state index is 14.5. The number of ether oxygens (including phenoxy) is 1. The van der Waals surface area contributed by atoms with E-state index in [0.29, 0.717) is 12.2 Å². The van der Waals surface area contributed by atoms with E-state index < -0.39 is 0 Å². The van der Waals surface area contributed by atoms with Crippen LogP contribution in [0.15, 0.2) is 30.3 Å². The van der Waals surface area contributed by atoms with E-state index in [1.165, 1.54) is 5.56 Å². The Kier molecular flexibility index (Phi) is 5.49. The lowest BCUT2D eigenvalue weighted by atomic mass is 9.76. The Morgan fingerprint density at radius 3 is 2.86 bits per heavy atom.